The first-order valence-corrected chi connectivity index (χ1v) is 12.7. The predicted octanol–water partition coefficient (Wildman–Crippen LogP) is 0.859. The van der Waals surface area contributed by atoms with Crippen molar-refractivity contribution in [2.24, 2.45) is 11.7 Å². The summed E-state index contributed by atoms with van der Waals surface area (Å²) in [6.07, 6.45) is -0.488. The monoisotopic (exact) mass is 540 g/mol. The Labute approximate surface area is 227 Å². The van der Waals surface area contributed by atoms with Gasteiger partial charge in [0.1, 0.15) is 18.1 Å². The fourth-order valence-electron chi connectivity index (χ4n) is 3.88. The van der Waals surface area contributed by atoms with Crippen LogP contribution in [0.5, 0.6) is 0 Å². The SMILES string of the molecule is CC(C)C(NC(=O)C(N)Cc1ccccc1)C(=O)NC(CCC(=O)O)C(=O)NC(Cc1ccccc1)C(=O)O. The fourth-order valence-corrected chi connectivity index (χ4v) is 3.88. The van der Waals surface area contributed by atoms with Gasteiger partial charge in [-0.05, 0) is 29.9 Å². The molecule has 0 radical (unpaired) electrons. The second-order valence-electron chi connectivity index (χ2n) is 9.61. The number of aliphatic carboxylic acids is 2. The molecule has 39 heavy (non-hydrogen) atoms. The van der Waals surface area contributed by atoms with E-state index in [-0.39, 0.29) is 19.3 Å². The molecule has 2 aromatic carbocycles. The zero-order valence-electron chi connectivity index (χ0n) is 22.0. The Morgan fingerprint density at radius 1 is 0.718 bits per heavy atom. The Hall–Kier alpha value is -4.25. The fraction of sp³-hybridized carbons (Fsp3) is 0.393. The van der Waals surface area contributed by atoms with E-state index in [1.54, 1.807) is 44.2 Å². The van der Waals surface area contributed by atoms with Gasteiger partial charge in [0.05, 0.1) is 6.04 Å². The molecule has 11 nitrogen and oxygen atoms in total. The molecule has 0 spiro atoms. The topological polar surface area (TPSA) is 188 Å². The van der Waals surface area contributed by atoms with Crippen molar-refractivity contribution >= 4 is 29.7 Å². The molecule has 4 unspecified atom stereocenters. The summed E-state index contributed by atoms with van der Waals surface area (Å²) in [6.45, 7) is 3.39. The number of nitrogens with one attached hydrogen (secondary N) is 3. The Balaban J connectivity index is 2.12. The van der Waals surface area contributed by atoms with Crippen LogP contribution in [0, 0.1) is 5.92 Å². The van der Waals surface area contributed by atoms with Gasteiger partial charge in [0.25, 0.3) is 0 Å². The van der Waals surface area contributed by atoms with Crippen molar-refractivity contribution in [1.29, 1.82) is 0 Å². The lowest BCUT2D eigenvalue weighted by molar-refractivity contribution is -0.143. The predicted molar refractivity (Wildman–Crippen MR) is 143 cm³/mol. The number of amides is 3. The van der Waals surface area contributed by atoms with Crippen molar-refractivity contribution in [3.63, 3.8) is 0 Å². The first-order chi connectivity index (χ1) is 18.5. The summed E-state index contributed by atoms with van der Waals surface area (Å²) in [7, 11) is 0. The van der Waals surface area contributed by atoms with Gasteiger partial charge in [-0.15, -0.1) is 0 Å². The van der Waals surface area contributed by atoms with E-state index >= 15 is 0 Å². The molecule has 0 saturated carbocycles. The Kier molecular flexibility index (Phi) is 12.1. The maximum Gasteiger partial charge on any atom is 0.326 e. The van der Waals surface area contributed by atoms with Crippen molar-refractivity contribution < 1.29 is 34.2 Å². The van der Waals surface area contributed by atoms with Crippen LogP contribution in [0.1, 0.15) is 37.8 Å². The minimum atomic E-state index is -1.35. The van der Waals surface area contributed by atoms with E-state index < -0.39 is 66.2 Å². The minimum Gasteiger partial charge on any atom is -0.481 e. The number of hydrogen-bond donors (Lipinski definition) is 6. The molecule has 210 valence electrons. The van der Waals surface area contributed by atoms with Crippen molar-refractivity contribution in [1.82, 2.24) is 16.0 Å². The molecule has 2 rings (SSSR count). The smallest absolute Gasteiger partial charge is 0.326 e. The van der Waals surface area contributed by atoms with Gasteiger partial charge >= 0.3 is 11.9 Å². The summed E-state index contributed by atoms with van der Waals surface area (Å²) >= 11 is 0. The van der Waals surface area contributed by atoms with Crippen LogP contribution in [0.15, 0.2) is 60.7 Å². The summed E-state index contributed by atoms with van der Waals surface area (Å²) in [6, 6.07) is 13.2. The van der Waals surface area contributed by atoms with E-state index in [0.717, 1.165) is 5.56 Å². The maximum atomic E-state index is 13.2. The van der Waals surface area contributed by atoms with E-state index in [4.69, 9.17) is 10.8 Å². The molecular formula is C28H36N4O7. The molecule has 0 aliphatic heterocycles. The second-order valence-corrected chi connectivity index (χ2v) is 9.61. The third-order valence-electron chi connectivity index (χ3n) is 6.06. The lowest BCUT2D eigenvalue weighted by atomic mass is 10.00. The van der Waals surface area contributed by atoms with Crippen LogP contribution in [0.2, 0.25) is 0 Å². The van der Waals surface area contributed by atoms with E-state index in [2.05, 4.69) is 16.0 Å². The largest absolute Gasteiger partial charge is 0.481 e. The molecule has 0 aliphatic rings. The van der Waals surface area contributed by atoms with Gasteiger partial charge in [-0.1, -0.05) is 74.5 Å². The molecule has 7 N–H and O–H groups in total. The van der Waals surface area contributed by atoms with Crippen molar-refractivity contribution in [3.8, 4) is 0 Å². The molecular weight excluding hydrogens is 504 g/mol. The number of nitrogens with two attached hydrogens (primary N) is 1. The zero-order chi connectivity index (χ0) is 28.9. The van der Waals surface area contributed by atoms with Crippen LogP contribution in [0.3, 0.4) is 0 Å². The van der Waals surface area contributed by atoms with Gasteiger partial charge < -0.3 is 31.9 Å². The van der Waals surface area contributed by atoms with Crippen LogP contribution < -0.4 is 21.7 Å². The van der Waals surface area contributed by atoms with Crippen LogP contribution >= 0.6 is 0 Å². The molecule has 2 aromatic rings. The Morgan fingerprint density at radius 3 is 1.72 bits per heavy atom. The Morgan fingerprint density at radius 2 is 1.23 bits per heavy atom. The van der Waals surface area contributed by atoms with Gasteiger partial charge in [-0.3, -0.25) is 19.2 Å². The molecule has 3 amide bonds. The van der Waals surface area contributed by atoms with Gasteiger partial charge in [-0.2, -0.15) is 0 Å². The molecule has 0 heterocycles. The number of rotatable bonds is 15. The van der Waals surface area contributed by atoms with E-state index in [0.29, 0.717) is 5.56 Å². The molecule has 0 bridgehead atoms. The van der Waals surface area contributed by atoms with E-state index in [9.17, 15) is 29.1 Å². The summed E-state index contributed by atoms with van der Waals surface area (Å²) in [5, 5.41) is 26.3. The lowest BCUT2D eigenvalue weighted by Crippen LogP contribution is -2.58. The highest BCUT2D eigenvalue weighted by Gasteiger charge is 2.32. The normalized spacial score (nSPS) is 13.9. The number of carboxylic acids is 2. The quantitative estimate of drug-likeness (QED) is 0.192. The van der Waals surface area contributed by atoms with Gasteiger partial charge in [0.2, 0.25) is 17.7 Å². The van der Waals surface area contributed by atoms with Crippen molar-refractivity contribution in [2.45, 2.75) is 63.7 Å². The summed E-state index contributed by atoms with van der Waals surface area (Å²) in [4.78, 5) is 61.9. The first-order valence-electron chi connectivity index (χ1n) is 12.7. The number of hydrogen-bond acceptors (Lipinski definition) is 6. The molecule has 11 heteroatoms. The van der Waals surface area contributed by atoms with Crippen LogP contribution in [0.25, 0.3) is 0 Å². The average molecular weight is 541 g/mol. The Bertz CT molecular complexity index is 1130. The molecule has 0 saturated heterocycles. The van der Waals surface area contributed by atoms with E-state index in [1.165, 1.54) is 0 Å². The van der Waals surface area contributed by atoms with Gasteiger partial charge in [0, 0.05) is 12.8 Å². The van der Waals surface area contributed by atoms with Crippen LogP contribution in [-0.4, -0.2) is 64.0 Å². The highest BCUT2D eigenvalue weighted by molar-refractivity contribution is 5.94. The third kappa shape index (κ3) is 10.6. The number of carboxylic acid groups (broad SMARTS) is 2. The molecule has 0 aromatic heterocycles. The second kappa shape index (κ2) is 15.2. The minimum absolute atomic E-state index is 0.00844. The maximum absolute atomic E-state index is 13.2. The van der Waals surface area contributed by atoms with Gasteiger partial charge in [-0.25, -0.2) is 4.79 Å². The number of carbonyl (C=O) groups excluding carboxylic acids is 3. The molecule has 4 atom stereocenters. The average Bonchev–Trinajstić information content (AvgIpc) is 2.89. The standard InChI is InChI=1S/C28H36N4O7/c1-17(2)24(32-25(35)20(29)15-18-9-5-3-6-10-18)27(37)30-21(13-14-23(33)34)26(36)31-22(28(38)39)16-19-11-7-4-8-12-19/h3-12,17,20-22,24H,13-16,29H2,1-2H3,(H,30,37)(H,31,36)(H,32,35)(H,33,34)(H,38,39). The summed E-state index contributed by atoms with van der Waals surface area (Å²) in [5.41, 5.74) is 7.56. The third-order valence-corrected chi connectivity index (χ3v) is 6.06. The zero-order valence-corrected chi connectivity index (χ0v) is 22.0. The highest BCUT2D eigenvalue weighted by atomic mass is 16.4. The number of benzene rings is 2. The van der Waals surface area contributed by atoms with Gasteiger partial charge in [0.15, 0.2) is 0 Å². The molecule has 0 aliphatic carbocycles. The number of carbonyl (C=O) groups is 5. The van der Waals surface area contributed by atoms with Crippen molar-refractivity contribution in [2.75, 3.05) is 0 Å². The summed E-state index contributed by atoms with van der Waals surface area (Å²) in [5.74, 6) is -5.00. The molecule has 0 fully saturated rings. The van der Waals surface area contributed by atoms with E-state index in [1.807, 2.05) is 30.3 Å². The van der Waals surface area contributed by atoms with Crippen molar-refractivity contribution in [3.05, 3.63) is 71.8 Å². The van der Waals surface area contributed by atoms with Crippen LogP contribution in [0.4, 0.5) is 0 Å². The van der Waals surface area contributed by atoms with Crippen LogP contribution in [-0.2, 0) is 36.8 Å². The lowest BCUT2D eigenvalue weighted by Gasteiger charge is -2.27. The summed E-state index contributed by atoms with van der Waals surface area (Å²) < 4.78 is 0. The first kappa shape index (κ1) is 31.0. The highest BCUT2D eigenvalue weighted by Crippen LogP contribution is 2.09.